The van der Waals surface area contributed by atoms with E-state index in [0.717, 1.165) is 70.4 Å². The Morgan fingerprint density at radius 1 is 0.803 bits per heavy atom. The van der Waals surface area contributed by atoms with Gasteiger partial charge in [0.2, 0.25) is 11.8 Å². The Hall–Kier alpha value is -2.57. The van der Waals surface area contributed by atoms with Crippen LogP contribution in [0.5, 0.6) is 0 Å². The van der Waals surface area contributed by atoms with Crippen molar-refractivity contribution < 1.29 is 47.9 Å². The molecule has 71 heavy (non-hydrogen) atoms. The minimum atomic E-state index is -2.56. The normalized spacial score (nSPS) is 32.0. The Morgan fingerprint density at radius 2 is 1.35 bits per heavy atom. The van der Waals surface area contributed by atoms with Gasteiger partial charge in [-0.25, -0.2) is 8.78 Å². The summed E-state index contributed by atoms with van der Waals surface area (Å²) in [5.74, 6) is -4.33. The van der Waals surface area contributed by atoms with Crippen LogP contribution >= 0.6 is 7.26 Å². The number of ether oxygens (including phenoxy) is 3. The maximum absolute atomic E-state index is 14.5. The molecule has 3 fully saturated rings. The number of esters is 1. The second-order valence-corrected chi connectivity index (χ2v) is 26.9. The first-order valence-corrected chi connectivity index (χ1v) is 29.6. The van der Waals surface area contributed by atoms with Crippen molar-refractivity contribution in [1.29, 1.82) is 0 Å². The lowest BCUT2D eigenvalue weighted by Crippen LogP contribution is -2.51. The number of rotatable bonds is 19. The third-order valence-electron chi connectivity index (χ3n) is 16.4. The number of benzene rings is 2. The molecule has 1 aliphatic carbocycles. The van der Waals surface area contributed by atoms with Gasteiger partial charge in [0, 0.05) is 50.7 Å². The van der Waals surface area contributed by atoms with Gasteiger partial charge >= 0.3 is 5.97 Å². The van der Waals surface area contributed by atoms with Crippen LogP contribution in [0.1, 0.15) is 177 Å². The molecule has 1 saturated carbocycles. The highest BCUT2D eigenvalue weighted by Crippen LogP contribution is 2.65. The Labute approximate surface area is 427 Å². The molecule has 13 heteroatoms. The molecule has 2 saturated heterocycles. The highest BCUT2D eigenvalue weighted by molar-refractivity contribution is 7.90. The maximum atomic E-state index is 14.5. The summed E-state index contributed by atoms with van der Waals surface area (Å²) in [4.78, 5) is 31.8. The van der Waals surface area contributed by atoms with Gasteiger partial charge in [-0.15, -0.1) is 0 Å². The highest BCUT2D eigenvalue weighted by atomic mass is 31.2. The minimum absolute atomic E-state index is 0.00261. The fourth-order valence-corrected chi connectivity index (χ4v) is 17.5. The summed E-state index contributed by atoms with van der Waals surface area (Å²) in [5.41, 5.74) is -2.63. The first kappa shape index (κ1) is 59.3. The van der Waals surface area contributed by atoms with E-state index in [1.54, 1.807) is 20.8 Å². The summed E-state index contributed by atoms with van der Waals surface area (Å²) in [6.07, 6.45) is 10.5. The standard InChI is InChI=1S/C58H94F2N2O8P/c1-10-51-57(7,67)40-43(3)62(41-42(2)39-56(6,66)52(38-50(63)45(5)55(65)70-51)69-54-37-46(61(8)9)36-44(4)68-54)53(64)30-24-16-14-12-11-13-15-17-25-35-71(47-26-20-18-21-27-47,48-28-22-19-23-29-48)49-31-33-58(59,60)34-32-49/h18-23,26-29,42-46,49-52,54,63,66-67H,10-17,24-25,30-41H2,1-9H3/q+1/t42-,43-,44-,45-,46+,50+,51-,52-,54+,56-,57+/m1/s1. The summed E-state index contributed by atoms with van der Waals surface area (Å²) in [6, 6.07) is 21.3. The predicted molar refractivity (Wildman–Crippen MR) is 284 cm³/mol. The van der Waals surface area contributed by atoms with Gasteiger partial charge in [-0.2, -0.15) is 0 Å². The van der Waals surface area contributed by atoms with E-state index in [4.69, 9.17) is 14.2 Å². The van der Waals surface area contributed by atoms with Gasteiger partial charge in [0.25, 0.3) is 0 Å². The van der Waals surface area contributed by atoms with Crippen LogP contribution in [0.3, 0.4) is 0 Å². The van der Waals surface area contributed by atoms with E-state index < -0.39 is 66.9 Å². The third-order valence-corrected chi connectivity index (χ3v) is 21.6. The van der Waals surface area contributed by atoms with E-state index in [1.165, 1.54) is 10.6 Å². The van der Waals surface area contributed by atoms with Crippen LogP contribution in [0.15, 0.2) is 60.7 Å². The van der Waals surface area contributed by atoms with Crippen molar-refractivity contribution >= 4 is 29.7 Å². The third kappa shape index (κ3) is 17.0. The fourth-order valence-electron chi connectivity index (χ4n) is 12.2. The number of unbranched alkanes of at least 4 members (excludes halogenated alkanes) is 8. The number of nitrogens with zero attached hydrogens (tertiary/aromatic N) is 2. The Morgan fingerprint density at radius 3 is 1.90 bits per heavy atom. The van der Waals surface area contributed by atoms with Gasteiger partial charge in [0.15, 0.2) is 6.29 Å². The molecule has 0 bridgehead atoms. The summed E-state index contributed by atoms with van der Waals surface area (Å²) >= 11 is 0. The lowest BCUT2D eigenvalue weighted by molar-refractivity contribution is -0.256. The predicted octanol–water partition coefficient (Wildman–Crippen LogP) is 10.8. The van der Waals surface area contributed by atoms with Crippen molar-refractivity contribution in [3.8, 4) is 0 Å². The van der Waals surface area contributed by atoms with Gasteiger partial charge in [-0.05, 0) is 137 Å². The second kappa shape index (κ2) is 27.3. The van der Waals surface area contributed by atoms with E-state index in [2.05, 4.69) is 65.6 Å². The van der Waals surface area contributed by atoms with Crippen molar-refractivity contribution in [2.45, 2.75) is 242 Å². The van der Waals surface area contributed by atoms with Crippen molar-refractivity contribution in [2.24, 2.45) is 11.8 Å². The molecule has 1 amide bonds. The van der Waals surface area contributed by atoms with Crippen LogP contribution in [-0.4, -0.2) is 129 Å². The number of alkyl halides is 2. The van der Waals surface area contributed by atoms with E-state index in [-0.39, 0.29) is 61.7 Å². The number of halogens is 2. The quantitative estimate of drug-likeness (QED) is 0.0716. The molecule has 0 aromatic heterocycles. The molecule has 11 atom stereocenters. The highest BCUT2D eigenvalue weighted by Gasteiger charge is 2.53. The summed E-state index contributed by atoms with van der Waals surface area (Å²) in [7, 11) is 2.14. The molecule has 2 heterocycles. The number of amides is 1. The van der Waals surface area contributed by atoms with Gasteiger partial charge in [0.1, 0.15) is 11.7 Å². The fraction of sp³-hybridized carbons (Fsp3) is 0.759. The molecule has 402 valence electrons. The molecular formula is C58H94F2N2O8P+. The zero-order valence-corrected chi connectivity index (χ0v) is 46.0. The monoisotopic (exact) mass is 1020 g/mol. The van der Waals surface area contributed by atoms with Gasteiger partial charge in [0.05, 0.1) is 59.5 Å². The Balaban J connectivity index is 1.16. The number of carbonyl (C=O) groups excluding carboxylic acids is 2. The molecule has 10 nitrogen and oxygen atoms in total. The van der Waals surface area contributed by atoms with E-state index in [0.29, 0.717) is 38.6 Å². The molecule has 2 aromatic rings. The van der Waals surface area contributed by atoms with E-state index in [1.807, 2.05) is 46.7 Å². The van der Waals surface area contributed by atoms with Crippen LogP contribution in [0.4, 0.5) is 8.78 Å². The zero-order valence-electron chi connectivity index (χ0n) is 45.1. The minimum Gasteiger partial charge on any atom is -0.459 e. The van der Waals surface area contributed by atoms with Crippen LogP contribution in [0.2, 0.25) is 0 Å². The largest absolute Gasteiger partial charge is 0.459 e. The van der Waals surface area contributed by atoms with E-state index in [9.17, 15) is 33.7 Å². The number of aliphatic hydroxyl groups excluding tert-OH is 1. The van der Waals surface area contributed by atoms with Crippen molar-refractivity contribution in [3.63, 3.8) is 0 Å². The van der Waals surface area contributed by atoms with Crippen molar-refractivity contribution in [1.82, 2.24) is 9.80 Å². The van der Waals surface area contributed by atoms with Gasteiger partial charge in [-0.1, -0.05) is 88.8 Å². The smallest absolute Gasteiger partial charge is 0.311 e. The topological polar surface area (TPSA) is 129 Å². The average Bonchev–Trinajstić information content (AvgIpc) is 3.32. The molecule has 3 aliphatic rings. The molecule has 5 rings (SSSR count). The zero-order chi connectivity index (χ0) is 52.0. The van der Waals surface area contributed by atoms with Crippen LogP contribution in [0, 0.1) is 11.8 Å². The number of carbonyl (C=O) groups is 2. The number of hydrogen-bond acceptors (Lipinski definition) is 9. The number of hydrogen-bond donors (Lipinski definition) is 3. The van der Waals surface area contributed by atoms with Crippen LogP contribution in [-0.2, 0) is 23.8 Å². The molecule has 0 radical (unpaired) electrons. The molecular weight excluding hydrogens is 922 g/mol. The molecule has 0 unspecified atom stereocenters. The van der Waals surface area contributed by atoms with Crippen LogP contribution in [0.25, 0.3) is 0 Å². The lowest BCUT2D eigenvalue weighted by Gasteiger charge is -2.43. The summed E-state index contributed by atoms with van der Waals surface area (Å²) < 4.78 is 47.7. The first-order valence-electron chi connectivity index (χ1n) is 27.6. The Kier molecular flexibility index (Phi) is 22.8. The first-order chi connectivity index (χ1) is 33.6. The second-order valence-electron chi connectivity index (χ2n) is 22.9. The van der Waals surface area contributed by atoms with Crippen molar-refractivity contribution in [2.75, 3.05) is 26.8 Å². The SMILES string of the molecule is CC[C@H]1OC(=O)[C@H](C)[C@@H](O)C[C@@H](O[C@H]2C[C@@H](N(C)C)C[C@@H](C)O2)[C@](C)(O)C[C@@H](C)CN(C(=O)CCCCCCCCCCC[P+](c2ccccc2)(c2ccccc2)C2CCC(F)(F)CC2)[C@H](C)C[C@]1(C)O. The summed E-state index contributed by atoms with van der Waals surface area (Å²) in [6.45, 7) is 13.1. The van der Waals surface area contributed by atoms with Gasteiger partial charge < -0.3 is 39.3 Å². The average molecular weight is 1020 g/mol. The molecule has 3 N–H and O–H groups in total. The van der Waals surface area contributed by atoms with E-state index >= 15 is 0 Å². The molecule has 2 aliphatic heterocycles. The lowest BCUT2D eigenvalue weighted by atomic mass is 9.83. The van der Waals surface area contributed by atoms with Crippen LogP contribution < -0.4 is 10.6 Å². The number of aliphatic hydroxyl groups is 3. The summed E-state index contributed by atoms with van der Waals surface area (Å²) in [5, 5.41) is 38.4. The maximum Gasteiger partial charge on any atom is 0.311 e. The molecule has 2 aromatic carbocycles. The molecule has 0 spiro atoms. The Bertz CT molecular complexity index is 1840. The van der Waals surface area contributed by atoms with Crippen molar-refractivity contribution in [3.05, 3.63) is 60.7 Å². The number of cyclic esters (lactones) is 1. The van der Waals surface area contributed by atoms with Gasteiger partial charge in [-0.3, -0.25) is 9.59 Å².